The molecule has 0 unspecified atom stereocenters. The number of imidazole rings is 1. The van der Waals surface area contributed by atoms with E-state index in [0.717, 1.165) is 18.6 Å². The summed E-state index contributed by atoms with van der Waals surface area (Å²) < 4.78 is 2.24. The third-order valence-electron chi connectivity index (χ3n) is 3.28. The van der Waals surface area contributed by atoms with Crippen molar-refractivity contribution in [3.8, 4) is 0 Å². The Morgan fingerprint density at radius 1 is 1.22 bits per heavy atom. The number of rotatable bonds is 3. The third kappa shape index (κ3) is 2.72. The van der Waals surface area contributed by atoms with Gasteiger partial charge in [-0.1, -0.05) is 26.8 Å². The zero-order chi connectivity index (χ0) is 13.3. The van der Waals surface area contributed by atoms with Crippen LogP contribution < -0.4 is 0 Å². The summed E-state index contributed by atoms with van der Waals surface area (Å²) in [4.78, 5) is 6.66. The highest BCUT2D eigenvalue weighted by Gasteiger charge is 2.15. The molecule has 3 nitrogen and oxygen atoms in total. The van der Waals surface area contributed by atoms with Gasteiger partial charge < -0.3 is 9.47 Å². The first-order valence-electron chi connectivity index (χ1n) is 6.48. The molecule has 0 saturated heterocycles. The van der Waals surface area contributed by atoms with Gasteiger partial charge in [0.2, 0.25) is 0 Å². The van der Waals surface area contributed by atoms with Crippen molar-refractivity contribution in [2.75, 3.05) is 20.6 Å². The second-order valence-corrected chi connectivity index (χ2v) is 6.19. The molecule has 1 aromatic carbocycles. The molecule has 0 fully saturated rings. The highest BCUT2D eigenvalue weighted by molar-refractivity contribution is 5.76. The molecule has 98 valence electrons. The van der Waals surface area contributed by atoms with Crippen LogP contribution in [-0.2, 0) is 12.0 Å². The van der Waals surface area contributed by atoms with Gasteiger partial charge in [-0.25, -0.2) is 4.98 Å². The van der Waals surface area contributed by atoms with E-state index >= 15 is 0 Å². The van der Waals surface area contributed by atoms with Crippen LogP contribution in [0.3, 0.4) is 0 Å². The Hall–Kier alpha value is -1.35. The normalized spacial score (nSPS) is 12.6. The van der Waals surface area contributed by atoms with E-state index in [0.29, 0.717) is 0 Å². The Labute approximate surface area is 109 Å². The third-order valence-corrected chi connectivity index (χ3v) is 3.28. The van der Waals surface area contributed by atoms with Crippen LogP contribution in [-0.4, -0.2) is 35.1 Å². The number of likely N-dealkylation sites (N-methyl/N-ethyl adjacent to an activating group) is 1. The van der Waals surface area contributed by atoms with Gasteiger partial charge in [-0.15, -0.1) is 0 Å². The van der Waals surface area contributed by atoms with Gasteiger partial charge >= 0.3 is 0 Å². The fourth-order valence-electron chi connectivity index (χ4n) is 2.01. The van der Waals surface area contributed by atoms with Crippen LogP contribution in [0.2, 0.25) is 0 Å². The minimum Gasteiger partial charge on any atom is -0.329 e. The maximum Gasteiger partial charge on any atom is 0.0958 e. The van der Waals surface area contributed by atoms with Crippen molar-refractivity contribution in [1.29, 1.82) is 0 Å². The number of aromatic nitrogens is 2. The van der Waals surface area contributed by atoms with E-state index in [1.54, 1.807) is 0 Å². The summed E-state index contributed by atoms with van der Waals surface area (Å²) in [7, 11) is 4.19. The average Bonchev–Trinajstić information content (AvgIpc) is 2.67. The van der Waals surface area contributed by atoms with E-state index in [1.165, 1.54) is 11.1 Å². The van der Waals surface area contributed by atoms with Gasteiger partial charge in [-0.05, 0) is 37.2 Å². The number of fused-ring (bicyclic) bond motifs is 1. The maximum atomic E-state index is 4.46. The molecule has 0 amide bonds. The summed E-state index contributed by atoms with van der Waals surface area (Å²) in [5, 5.41) is 0. The topological polar surface area (TPSA) is 21.1 Å². The summed E-state index contributed by atoms with van der Waals surface area (Å²) in [6, 6.07) is 6.59. The lowest BCUT2D eigenvalue weighted by Crippen LogP contribution is -2.18. The molecule has 1 aromatic heterocycles. The molecule has 2 rings (SSSR count). The molecular weight excluding hydrogens is 222 g/mol. The van der Waals surface area contributed by atoms with Crippen molar-refractivity contribution in [2.45, 2.75) is 32.7 Å². The molecule has 0 spiro atoms. The standard InChI is InChI=1S/C15H23N3/c1-15(2,3)12-6-7-13-14(10-12)18(11-16-13)9-8-17(4)5/h6-7,10-11H,8-9H2,1-5H3. The first-order chi connectivity index (χ1) is 8.38. The van der Waals surface area contributed by atoms with Crippen LogP contribution in [0.5, 0.6) is 0 Å². The van der Waals surface area contributed by atoms with E-state index in [-0.39, 0.29) is 5.41 Å². The largest absolute Gasteiger partial charge is 0.329 e. The van der Waals surface area contributed by atoms with Gasteiger partial charge in [-0.2, -0.15) is 0 Å². The highest BCUT2D eigenvalue weighted by Crippen LogP contribution is 2.25. The summed E-state index contributed by atoms with van der Waals surface area (Å²) >= 11 is 0. The smallest absolute Gasteiger partial charge is 0.0958 e. The monoisotopic (exact) mass is 245 g/mol. The lowest BCUT2D eigenvalue weighted by atomic mass is 9.87. The van der Waals surface area contributed by atoms with Gasteiger partial charge in [-0.3, -0.25) is 0 Å². The zero-order valence-electron chi connectivity index (χ0n) is 12.1. The van der Waals surface area contributed by atoms with Crippen LogP contribution >= 0.6 is 0 Å². The highest BCUT2D eigenvalue weighted by atomic mass is 15.1. The number of benzene rings is 1. The molecule has 3 heteroatoms. The van der Waals surface area contributed by atoms with Crippen molar-refractivity contribution in [2.24, 2.45) is 0 Å². The summed E-state index contributed by atoms with van der Waals surface area (Å²) in [5.74, 6) is 0. The van der Waals surface area contributed by atoms with Crippen molar-refractivity contribution in [3.63, 3.8) is 0 Å². The zero-order valence-corrected chi connectivity index (χ0v) is 12.1. The Kier molecular flexibility index (Phi) is 3.44. The molecule has 2 aromatic rings. The second-order valence-electron chi connectivity index (χ2n) is 6.19. The molecule has 0 aliphatic heterocycles. The van der Waals surface area contributed by atoms with E-state index in [1.807, 2.05) is 6.33 Å². The Bertz CT molecular complexity index is 532. The first kappa shape index (κ1) is 13.1. The predicted molar refractivity (Wildman–Crippen MR) is 77.0 cm³/mol. The lowest BCUT2D eigenvalue weighted by molar-refractivity contribution is 0.386. The molecule has 0 saturated carbocycles. The molecule has 1 heterocycles. The second kappa shape index (κ2) is 4.73. The number of nitrogens with zero attached hydrogens (tertiary/aromatic N) is 3. The number of hydrogen-bond acceptors (Lipinski definition) is 2. The number of hydrogen-bond donors (Lipinski definition) is 0. The Morgan fingerprint density at radius 3 is 2.56 bits per heavy atom. The van der Waals surface area contributed by atoms with Crippen molar-refractivity contribution in [1.82, 2.24) is 14.5 Å². The Morgan fingerprint density at radius 2 is 1.94 bits per heavy atom. The van der Waals surface area contributed by atoms with E-state index in [2.05, 4.69) is 67.5 Å². The predicted octanol–water partition coefficient (Wildman–Crippen LogP) is 2.90. The first-order valence-corrected chi connectivity index (χ1v) is 6.48. The molecule has 0 atom stereocenters. The van der Waals surface area contributed by atoms with Crippen LogP contribution in [0.25, 0.3) is 11.0 Å². The van der Waals surface area contributed by atoms with E-state index in [9.17, 15) is 0 Å². The van der Waals surface area contributed by atoms with E-state index in [4.69, 9.17) is 0 Å². The SMILES string of the molecule is CN(C)CCn1cnc2ccc(C(C)(C)C)cc21. The fraction of sp³-hybridized carbons (Fsp3) is 0.533. The van der Waals surface area contributed by atoms with Gasteiger partial charge in [0.15, 0.2) is 0 Å². The lowest BCUT2D eigenvalue weighted by Gasteiger charge is -2.19. The van der Waals surface area contributed by atoms with Crippen molar-refractivity contribution >= 4 is 11.0 Å². The molecule has 18 heavy (non-hydrogen) atoms. The van der Waals surface area contributed by atoms with Gasteiger partial charge in [0, 0.05) is 13.1 Å². The molecular formula is C15H23N3. The van der Waals surface area contributed by atoms with Crippen LogP contribution in [0, 0.1) is 0 Å². The summed E-state index contributed by atoms with van der Waals surface area (Å²) in [5.41, 5.74) is 3.87. The van der Waals surface area contributed by atoms with Crippen molar-refractivity contribution in [3.05, 3.63) is 30.1 Å². The minimum absolute atomic E-state index is 0.185. The van der Waals surface area contributed by atoms with E-state index < -0.39 is 0 Å². The summed E-state index contributed by atoms with van der Waals surface area (Å²) in [6.07, 6.45) is 1.95. The fourth-order valence-corrected chi connectivity index (χ4v) is 2.01. The Balaban J connectivity index is 2.37. The molecule has 0 radical (unpaired) electrons. The summed E-state index contributed by atoms with van der Waals surface area (Å²) in [6.45, 7) is 8.75. The van der Waals surface area contributed by atoms with Gasteiger partial charge in [0.05, 0.1) is 17.4 Å². The average molecular weight is 245 g/mol. The van der Waals surface area contributed by atoms with Crippen LogP contribution in [0.4, 0.5) is 0 Å². The molecule has 0 N–H and O–H groups in total. The van der Waals surface area contributed by atoms with Gasteiger partial charge in [0.1, 0.15) is 0 Å². The van der Waals surface area contributed by atoms with Crippen LogP contribution in [0.1, 0.15) is 26.3 Å². The van der Waals surface area contributed by atoms with Crippen molar-refractivity contribution < 1.29 is 0 Å². The van der Waals surface area contributed by atoms with Crippen LogP contribution in [0.15, 0.2) is 24.5 Å². The minimum atomic E-state index is 0.185. The molecule has 0 aliphatic rings. The van der Waals surface area contributed by atoms with Gasteiger partial charge in [0.25, 0.3) is 0 Å². The quantitative estimate of drug-likeness (QED) is 0.829. The maximum absolute atomic E-state index is 4.46. The molecule has 0 aliphatic carbocycles. The molecule has 0 bridgehead atoms.